The van der Waals surface area contributed by atoms with Gasteiger partial charge < -0.3 is 4.42 Å². The molecule has 0 aliphatic carbocycles. The van der Waals surface area contributed by atoms with Gasteiger partial charge in [-0.2, -0.15) is 0 Å². The van der Waals surface area contributed by atoms with Gasteiger partial charge in [-0.05, 0) is 12.1 Å². The number of nitrogens with zero attached hydrogens (tertiary/aromatic N) is 2. The highest BCUT2D eigenvalue weighted by atomic mass is 19.1. The average Bonchev–Trinajstić information content (AvgIpc) is 2.64. The number of halogens is 2. The Kier molecular flexibility index (Phi) is 2.22. The second kappa shape index (κ2) is 3.53. The van der Waals surface area contributed by atoms with Crippen LogP contribution in [-0.4, -0.2) is 10.2 Å². The lowest BCUT2D eigenvalue weighted by atomic mass is 10.1. The standard InChI is InChI=1S/C9H6F2N2O/c10-7-2-1-3-8(11)6(7)4-9-13-12-5-14-9/h1-3,5H,4H2. The van der Waals surface area contributed by atoms with Crippen molar-refractivity contribution in [2.75, 3.05) is 0 Å². The van der Waals surface area contributed by atoms with E-state index in [2.05, 4.69) is 10.2 Å². The van der Waals surface area contributed by atoms with Gasteiger partial charge in [0.05, 0.1) is 6.42 Å². The monoisotopic (exact) mass is 196 g/mol. The summed E-state index contributed by atoms with van der Waals surface area (Å²) in [6.07, 6.45) is 1.09. The highest BCUT2D eigenvalue weighted by Gasteiger charge is 2.11. The maximum atomic E-state index is 13.1. The van der Waals surface area contributed by atoms with Gasteiger partial charge in [-0.15, -0.1) is 10.2 Å². The van der Waals surface area contributed by atoms with Gasteiger partial charge in [-0.1, -0.05) is 6.07 Å². The molecule has 1 aromatic heterocycles. The highest BCUT2D eigenvalue weighted by molar-refractivity contribution is 5.22. The molecule has 0 aliphatic rings. The first-order valence-corrected chi connectivity index (χ1v) is 3.95. The smallest absolute Gasteiger partial charge is 0.220 e. The molecule has 2 rings (SSSR count). The van der Waals surface area contributed by atoms with Crippen molar-refractivity contribution >= 4 is 0 Å². The lowest BCUT2D eigenvalue weighted by Crippen LogP contribution is -1.97. The van der Waals surface area contributed by atoms with Crippen LogP contribution in [0.2, 0.25) is 0 Å². The summed E-state index contributed by atoms with van der Waals surface area (Å²) in [6, 6.07) is 3.69. The van der Waals surface area contributed by atoms with Gasteiger partial charge in [0, 0.05) is 5.56 Å². The zero-order valence-corrected chi connectivity index (χ0v) is 7.08. The molecule has 1 aromatic carbocycles. The van der Waals surface area contributed by atoms with E-state index in [9.17, 15) is 8.78 Å². The molecule has 0 amide bonds. The Balaban J connectivity index is 2.33. The molecular weight excluding hydrogens is 190 g/mol. The zero-order valence-electron chi connectivity index (χ0n) is 7.08. The molecule has 0 fully saturated rings. The summed E-state index contributed by atoms with van der Waals surface area (Å²) in [5.74, 6) is -1.03. The van der Waals surface area contributed by atoms with E-state index in [0.29, 0.717) is 0 Å². The van der Waals surface area contributed by atoms with Crippen LogP contribution in [0.1, 0.15) is 11.5 Å². The first kappa shape index (κ1) is 8.80. The van der Waals surface area contributed by atoms with Crippen LogP contribution in [0.15, 0.2) is 29.0 Å². The Labute approximate surface area is 78.4 Å². The molecule has 0 N–H and O–H groups in total. The maximum Gasteiger partial charge on any atom is 0.220 e. The molecule has 5 heteroatoms. The summed E-state index contributed by atoms with van der Waals surface area (Å²) in [5, 5.41) is 6.96. The highest BCUT2D eigenvalue weighted by Crippen LogP contribution is 2.15. The molecule has 1 heterocycles. The molecule has 0 spiro atoms. The van der Waals surface area contributed by atoms with Crippen molar-refractivity contribution in [3.05, 3.63) is 47.7 Å². The lowest BCUT2D eigenvalue weighted by Gasteiger charge is -2.00. The molecule has 0 atom stereocenters. The fourth-order valence-electron chi connectivity index (χ4n) is 1.13. The largest absolute Gasteiger partial charge is 0.428 e. The summed E-state index contributed by atoms with van der Waals surface area (Å²) in [7, 11) is 0. The summed E-state index contributed by atoms with van der Waals surface area (Å²) >= 11 is 0. The van der Waals surface area contributed by atoms with E-state index >= 15 is 0 Å². The zero-order chi connectivity index (χ0) is 9.97. The molecule has 0 saturated carbocycles. The van der Waals surface area contributed by atoms with Gasteiger partial charge in [0.2, 0.25) is 12.3 Å². The van der Waals surface area contributed by atoms with E-state index in [4.69, 9.17) is 4.42 Å². The molecule has 0 unspecified atom stereocenters. The Morgan fingerprint density at radius 1 is 1.21 bits per heavy atom. The van der Waals surface area contributed by atoms with Crippen LogP contribution in [0.4, 0.5) is 8.78 Å². The van der Waals surface area contributed by atoms with Crippen molar-refractivity contribution in [1.82, 2.24) is 10.2 Å². The molecule has 0 radical (unpaired) electrons. The molecule has 14 heavy (non-hydrogen) atoms. The van der Waals surface area contributed by atoms with Crippen molar-refractivity contribution < 1.29 is 13.2 Å². The Hall–Kier alpha value is -1.78. The van der Waals surface area contributed by atoms with Crippen molar-refractivity contribution in [2.24, 2.45) is 0 Å². The van der Waals surface area contributed by atoms with Crippen molar-refractivity contribution in [3.63, 3.8) is 0 Å². The predicted octanol–water partition coefficient (Wildman–Crippen LogP) is 1.94. The Morgan fingerprint density at radius 3 is 2.50 bits per heavy atom. The quantitative estimate of drug-likeness (QED) is 0.736. The average molecular weight is 196 g/mol. The molecule has 2 aromatic rings. The SMILES string of the molecule is Fc1cccc(F)c1Cc1nnco1. The third-order valence-electron chi connectivity index (χ3n) is 1.79. The third kappa shape index (κ3) is 1.61. The minimum absolute atomic E-state index is 0.0293. The molecule has 0 aliphatic heterocycles. The van der Waals surface area contributed by atoms with Gasteiger partial charge in [-0.3, -0.25) is 0 Å². The van der Waals surface area contributed by atoms with Crippen LogP contribution >= 0.6 is 0 Å². The van der Waals surface area contributed by atoms with Gasteiger partial charge >= 0.3 is 0 Å². The predicted molar refractivity (Wildman–Crippen MR) is 43.5 cm³/mol. The minimum Gasteiger partial charge on any atom is -0.428 e. The maximum absolute atomic E-state index is 13.1. The van der Waals surface area contributed by atoms with E-state index in [1.165, 1.54) is 18.2 Å². The summed E-state index contributed by atoms with van der Waals surface area (Å²) in [4.78, 5) is 0. The van der Waals surface area contributed by atoms with E-state index < -0.39 is 11.6 Å². The Bertz CT molecular complexity index is 408. The third-order valence-corrected chi connectivity index (χ3v) is 1.79. The first-order valence-electron chi connectivity index (χ1n) is 3.95. The van der Waals surface area contributed by atoms with E-state index in [1.54, 1.807) is 0 Å². The summed E-state index contributed by atoms with van der Waals surface area (Å²) in [6.45, 7) is 0. The van der Waals surface area contributed by atoms with Crippen LogP contribution in [0.25, 0.3) is 0 Å². The molecule has 0 bridgehead atoms. The van der Waals surface area contributed by atoms with E-state index in [0.717, 1.165) is 6.39 Å². The van der Waals surface area contributed by atoms with Gasteiger partial charge in [-0.25, -0.2) is 8.78 Å². The molecule has 3 nitrogen and oxygen atoms in total. The van der Waals surface area contributed by atoms with E-state index in [1.807, 2.05) is 0 Å². The van der Waals surface area contributed by atoms with Crippen LogP contribution < -0.4 is 0 Å². The second-order valence-electron chi connectivity index (χ2n) is 2.71. The number of aromatic nitrogens is 2. The number of rotatable bonds is 2. The van der Waals surface area contributed by atoms with Crippen molar-refractivity contribution in [3.8, 4) is 0 Å². The summed E-state index contributed by atoms with van der Waals surface area (Å²) < 4.78 is 31.0. The lowest BCUT2D eigenvalue weighted by molar-refractivity contribution is 0.489. The van der Waals surface area contributed by atoms with Crippen molar-refractivity contribution in [1.29, 1.82) is 0 Å². The molecule has 0 saturated heterocycles. The van der Waals surface area contributed by atoms with Gasteiger partial charge in [0.15, 0.2) is 0 Å². The van der Waals surface area contributed by atoms with Crippen LogP contribution in [0.3, 0.4) is 0 Å². The Morgan fingerprint density at radius 2 is 1.93 bits per heavy atom. The normalized spacial score (nSPS) is 10.4. The molecular formula is C9H6F2N2O. The second-order valence-corrected chi connectivity index (χ2v) is 2.71. The fourth-order valence-corrected chi connectivity index (χ4v) is 1.13. The van der Waals surface area contributed by atoms with Crippen LogP contribution in [0.5, 0.6) is 0 Å². The number of hydrogen-bond acceptors (Lipinski definition) is 3. The van der Waals surface area contributed by atoms with Gasteiger partial charge in [0.1, 0.15) is 11.6 Å². The number of benzene rings is 1. The number of hydrogen-bond donors (Lipinski definition) is 0. The van der Waals surface area contributed by atoms with Gasteiger partial charge in [0.25, 0.3) is 0 Å². The summed E-state index contributed by atoms with van der Waals surface area (Å²) in [5.41, 5.74) is -0.0586. The van der Waals surface area contributed by atoms with E-state index in [-0.39, 0.29) is 17.9 Å². The van der Waals surface area contributed by atoms with Crippen LogP contribution in [0, 0.1) is 11.6 Å². The fraction of sp³-hybridized carbons (Fsp3) is 0.111. The minimum atomic E-state index is -0.608. The topological polar surface area (TPSA) is 38.9 Å². The first-order chi connectivity index (χ1) is 6.77. The van der Waals surface area contributed by atoms with Crippen molar-refractivity contribution in [2.45, 2.75) is 6.42 Å². The molecule has 72 valence electrons. The van der Waals surface area contributed by atoms with Crippen LogP contribution in [-0.2, 0) is 6.42 Å².